The molecule has 0 aliphatic carbocycles. The molecular weight excluding hydrogens is 96.1 g/mol. The topological polar surface area (TPSA) is 0 Å². The Morgan fingerprint density at radius 3 is 1.62 bits per heavy atom. The van der Waals surface area contributed by atoms with E-state index in [0.29, 0.717) is 5.41 Å². The van der Waals surface area contributed by atoms with Gasteiger partial charge in [-0.1, -0.05) is 27.7 Å². The minimum atomic E-state index is 0.425. The molecule has 8 heavy (non-hydrogen) atoms. The van der Waals surface area contributed by atoms with Crippen LogP contribution in [0, 0.1) is 11.3 Å². The maximum atomic E-state index is 2.26. The molecule has 0 spiro atoms. The van der Waals surface area contributed by atoms with Gasteiger partial charge in [0.15, 0.2) is 0 Å². The van der Waals surface area contributed by atoms with Crippen LogP contribution in [0.25, 0.3) is 0 Å². The Morgan fingerprint density at radius 2 is 1.62 bits per heavy atom. The van der Waals surface area contributed by atoms with E-state index in [1.54, 1.807) is 5.92 Å². The Hall–Kier alpha value is 0. The fraction of sp³-hybridized carbons (Fsp3) is 0.875. The quantitative estimate of drug-likeness (QED) is 0.458. The highest BCUT2D eigenvalue weighted by molar-refractivity contribution is 4.94. The third kappa shape index (κ3) is 2.34. The summed E-state index contributed by atoms with van der Waals surface area (Å²) in [5.41, 5.74) is 0.425. The maximum absolute atomic E-state index is 2.26. The maximum Gasteiger partial charge on any atom is -0.0874 e. The molecule has 0 aromatic carbocycles. The second-order valence-corrected chi connectivity index (χ2v) is 3.38. The largest absolute Gasteiger partial charge is 0.312 e. The predicted octanol–water partition coefficient (Wildman–Crippen LogP) is 3.04. The molecule has 0 rings (SSSR count). The van der Waals surface area contributed by atoms with E-state index in [1.807, 2.05) is 0 Å². The number of hydrogen-bond donors (Lipinski definition) is 0. The van der Waals surface area contributed by atoms with Gasteiger partial charge in [0.05, 0.1) is 0 Å². The molecule has 0 unspecified atom stereocenters. The Balaban J connectivity index is 3.62. The Bertz CT molecular complexity index is 56.9. The molecule has 0 amide bonds. The first kappa shape index (κ1) is 8.00. The fourth-order valence-corrected chi connectivity index (χ4v) is 0.530. The summed E-state index contributed by atoms with van der Waals surface area (Å²) in [5, 5.41) is 0. The normalized spacial score (nSPS) is 12.8. The third-order valence-electron chi connectivity index (χ3n) is 1.81. The van der Waals surface area contributed by atoms with Crippen LogP contribution in [0.5, 0.6) is 0 Å². The van der Waals surface area contributed by atoms with Crippen molar-refractivity contribution in [2.24, 2.45) is 5.41 Å². The highest BCUT2D eigenvalue weighted by atomic mass is 14.2. The van der Waals surface area contributed by atoms with Crippen molar-refractivity contribution >= 4 is 0 Å². The average Bonchev–Trinajstić information content (AvgIpc) is 1.62. The smallest absolute Gasteiger partial charge is 0.0874 e. The molecule has 0 nitrogen and oxygen atoms in total. The molecule has 0 N–H and O–H groups in total. The van der Waals surface area contributed by atoms with Crippen LogP contribution >= 0.6 is 0 Å². The summed E-state index contributed by atoms with van der Waals surface area (Å²) in [4.78, 5) is 0. The summed E-state index contributed by atoms with van der Waals surface area (Å²) >= 11 is 0. The minimum Gasteiger partial charge on any atom is -0.312 e. The standard InChI is InChI=1S/C8H17/c1-6-7(2)8(3,4)5/h6H2,1-5H3/q-1. The molecule has 0 heterocycles. The first-order chi connectivity index (χ1) is 3.48. The lowest BCUT2D eigenvalue weighted by atomic mass is 9.81. The number of hydrogen-bond acceptors (Lipinski definition) is 0. The molecular formula is C8H17-. The van der Waals surface area contributed by atoms with Crippen LogP contribution in [-0.4, -0.2) is 0 Å². The van der Waals surface area contributed by atoms with Crippen molar-refractivity contribution in [3.63, 3.8) is 0 Å². The molecule has 0 atom stereocenters. The molecule has 0 radical (unpaired) electrons. The zero-order valence-electron chi connectivity index (χ0n) is 6.71. The molecule has 0 fully saturated rings. The van der Waals surface area contributed by atoms with Gasteiger partial charge in [-0.2, -0.15) is 18.8 Å². The van der Waals surface area contributed by atoms with Gasteiger partial charge in [0.2, 0.25) is 0 Å². The van der Waals surface area contributed by atoms with Crippen molar-refractivity contribution in [3.05, 3.63) is 5.92 Å². The summed E-state index contributed by atoms with van der Waals surface area (Å²) in [6.07, 6.45) is 1.21. The van der Waals surface area contributed by atoms with E-state index in [0.717, 1.165) is 0 Å². The van der Waals surface area contributed by atoms with Gasteiger partial charge in [-0.15, -0.1) is 0 Å². The first-order valence-electron chi connectivity index (χ1n) is 3.31. The van der Waals surface area contributed by atoms with Crippen LogP contribution in [0.4, 0.5) is 0 Å². The summed E-state index contributed by atoms with van der Waals surface area (Å²) < 4.78 is 0. The molecule has 0 aromatic rings. The van der Waals surface area contributed by atoms with Crippen LogP contribution < -0.4 is 0 Å². The zero-order chi connectivity index (χ0) is 6.78. The summed E-state index contributed by atoms with van der Waals surface area (Å²) in [6.45, 7) is 11.2. The van der Waals surface area contributed by atoms with Gasteiger partial charge in [0, 0.05) is 0 Å². The van der Waals surface area contributed by atoms with Crippen LogP contribution in [0.2, 0.25) is 0 Å². The molecule has 0 aliphatic heterocycles. The lowest BCUT2D eigenvalue weighted by molar-refractivity contribution is 0.417. The van der Waals surface area contributed by atoms with E-state index >= 15 is 0 Å². The van der Waals surface area contributed by atoms with Crippen molar-refractivity contribution in [1.29, 1.82) is 0 Å². The average molecular weight is 113 g/mol. The van der Waals surface area contributed by atoms with E-state index in [1.165, 1.54) is 6.42 Å². The predicted molar refractivity (Wildman–Crippen MR) is 38.7 cm³/mol. The zero-order valence-corrected chi connectivity index (χ0v) is 6.71. The van der Waals surface area contributed by atoms with Crippen LogP contribution in [0.15, 0.2) is 0 Å². The van der Waals surface area contributed by atoms with Crippen molar-refractivity contribution < 1.29 is 0 Å². The molecule has 0 heteroatoms. The molecule has 0 aromatic heterocycles. The van der Waals surface area contributed by atoms with Gasteiger partial charge in [0.25, 0.3) is 0 Å². The first-order valence-corrected chi connectivity index (χ1v) is 3.31. The van der Waals surface area contributed by atoms with Crippen molar-refractivity contribution in [1.82, 2.24) is 0 Å². The molecule has 0 aliphatic rings. The lowest BCUT2D eigenvalue weighted by Gasteiger charge is -2.39. The van der Waals surface area contributed by atoms with E-state index in [-0.39, 0.29) is 0 Å². The van der Waals surface area contributed by atoms with E-state index in [4.69, 9.17) is 0 Å². The summed E-state index contributed by atoms with van der Waals surface area (Å²) in [7, 11) is 0. The molecule has 0 bridgehead atoms. The molecule has 50 valence electrons. The van der Waals surface area contributed by atoms with Crippen LogP contribution in [0.1, 0.15) is 41.0 Å². The van der Waals surface area contributed by atoms with Crippen molar-refractivity contribution in [2.45, 2.75) is 41.0 Å². The highest BCUT2D eigenvalue weighted by Gasteiger charge is 2.03. The second kappa shape index (κ2) is 2.52. The van der Waals surface area contributed by atoms with Gasteiger partial charge >= 0.3 is 0 Å². The second-order valence-electron chi connectivity index (χ2n) is 3.38. The van der Waals surface area contributed by atoms with Crippen molar-refractivity contribution in [3.8, 4) is 0 Å². The highest BCUT2D eigenvalue weighted by Crippen LogP contribution is 2.29. The molecule has 0 saturated carbocycles. The van der Waals surface area contributed by atoms with Gasteiger partial charge in [-0.05, 0) is 0 Å². The van der Waals surface area contributed by atoms with Crippen LogP contribution in [-0.2, 0) is 0 Å². The molecule has 0 saturated heterocycles. The van der Waals surface area contributed by atoms with E-state index in [9.17, 15) is 0 Å². The summed E-state index contributed by atoms with van der Waals surface area (Å²) in [6, 6.07) is 0. The third-order valence-corrected chi connectivity index (χ3v) is 1.81. The van der Waals surface area contributed by atoms with E-state index < -0.39 is 0 Å². The van der Waals surface area contributed by atoms with Crippen LogP contribution in [0.3, 0.4) is 0 Å². The minimum absolute atomic E-state index is 0.425. The fourth-order valence-electron chi connectivity index (χ4n) is 0.530. The Morgan fingerprint density at radius 1 is 1.25 bits per heavy atom. The summed E-state index contributed by atoms with van der Waals surface area (Å²) in [5.74, 6) is 1.58. The monoisotopic (exact) mass is 113 g/mol. The van der Waals surface area contributed by atoms with Gasteiger partial charge in [0.1, 0.15) is 0 Å². The Labute approximate surface area is 53.3 Å². The van der Waals surface area contributed by atoms with E-state index in [2.05, 4.69) is 34.6 Å². The SMILES string of the molecule is CC[C-](C)C(C)(C)C. The van der Waals surface area contributed by atoms with Gasteiger partial charge < -0.3 is 5.92 Å². The number of rotatable bonds is 1. The van der Waals surface area contributed by atoms with Gasteiger partial charge in [-0.3, -0.25) is 0 Å². The lowest BCUT2D eigenvalue weighted by Crippen LogP contribution is -2.13. The van der Waals surface area contributed by atoms with Crippen molar-refractivity contribution in [2.75, 3.05) is 0 Å². The van der Waals surface area contributed by atoms with Gasteiger partial charge in [-0.25, -0.2) is 0 Å². The Kier molecular flexibility index (Phi) is 2.52.